The van der Waals surface area contributed by atoms with Crippen LogP contribution >= 0.6 is 11.6 Å². The molecule has 0 spiro atoms. The number of aromatic nitrogens is 2. The van der Waals surface area contributed by atoms with Crippen LogP contribution in [0.25, 0.3) is 11.4 Å². The van der Waals surface area contributed by atoms with E-state index >= 15 is 0 Å². The zero-order chi connectivity index (χ0) is 15.5. The molecule has 4 nitrogen and oxygen atoms in total. The van der Waals surface area contributed by atoms with E-state index in [4.69, 9.17) is 20.9 Å². The molecule has 0 N–H and O–H groups in total. The number of nitrogens with zero attached hydrogens (tertiary/aromatic N) is 2. The molecular weight excluding hydrogens is 300 g/mol. The van der Waals surface area contributed by atoms with Gasteiger partial charge in [0.05, 0.1) is 0 Å². The van der Waals surface area contributed by atoms with Gasteiger partial charge in [-0.1, -0.05) is 35.0 Å². The van der Waals surface area contributed by atoms with Crippen LogP contribution in [0.2, 0.25) is 5.02 Å². The first-order valence-electron chi connectivity index (χ1n) is 6.90. The number of aryl methyl sites for hydroxylation is 2. The number of ether oxygens (including phenoxy) is 1. The van der Waals surface area contributed by atoms with E-state index in [0.29, 0.717) is 16.7 Å². The Labute approximate surface area is 133 Å². The van der Waals surface area contributed by atoms with Gasteiger partial charge in [0.2, 0.25) is 5.82 Å². The van der Waals surface area contributed by atoms with Crippen LogP contribution < -0.4 is 4.74 Å². The Morgan fingerprint density at radius 2 is 1.95 bits per heavy atom. The van der Waals surface area contributed by atoms with Crippen molar-refractivity contribution < 1.29 is 9.26 Å². The van der Waals surface area contributed by atoms with Gasteiger partial charge in [0.25, 0.3) is 5.89 Å². The molecule has 0 aliphatic rings. The maximum absolute atomic E-state index is 5.96. The van der Waals surface area contributed by atoms with Crippen molar-refractivity contribution in [1.29, 1.82) is 0 Å². The minimum atomic E-state index is 0.232. The van der Waals surface area contributed by atoms with Gasteiger partial charge < -0.3 is 9.26 Å². The maximum Gasteiger partial charge on any atom is 0.264 e. The molecule has 0 fully saturated rings. The van der Waals surface area contributed by atoms with Gasteiger partial charge in [-0.15, -0.1) is 0 Å². The standard InChI is InChI=1S/C17H15ClN2O2/c1-11-6-7-15(8-12(11)2)21-10-16-19-17(20-22-16)13-4-3-5-14(18)9-13/h3-9H,10H2,1-2H3. The lowest BCUT2D eigenvalue weighted by Gasteiger charge is -2.05. The molecule has 22 heavy (non-hydrogen) atoms. The van der Waals surface area contributed by atoms with Crippen LogP contribution in [0.4, 0.5) is 0 Å². The van der Waals surface area contributed by atoms with E-state index in [-0.39, 0.29) is 6.61 Å². The molecule has 5 heteroatoms. The molecule has 0 aliphatic heterocycles. The quantitative estimate of drug-likeness (QED) is 0.707. The lowest BCUT2D eigenvalue weighted by atomic mass is 10.1. The highest BCUT2D eigenvalue weighted by Gasteiger charge is 2.09. The molecule has 2 aromatic carbocycles. The minimum Gasteiger partial charge on any atom is -0.484 e. The van der Waals surface area contributed by atoms with Crippen molar-refractivity contribution >= 4 is 11.6 Å². The van der Waals surface area contributed by atoms with Crippen LogP contribution in [-0.2, 0) is 6.61 Å². The molecule has 0 saturated carbocycles. The van der Waals surface area contributed by atoms with E-state index in [2.05, 4.69) is 17.1 Å². The zero-order valence-corrected chi connectivity index (χ0v) is 13.1. The van der Waals surface area contributed by atoms with Crippen molar-refractivity contribution in [3.05, 3.63) is 64.5 Å². The molecule has 0 radical (unpaired) electrons. The molecule has 0 unspecified atom stereocenters. The molecule has 112 valence electrons. The largest absolute Gasteiger partial charge is 0.484 e. The summed E-state index contributed by atoms with van der Waals surface area (Å²) in [4.78, 5) is 4.32. The Bertz CT molecular complexity index is 799. The fraction of sp³-hybridized carbons (Fsp3) is 0.176. The molecule has 3 aromatic rings. The zero-order valence-electron chi connectivity index (χ0n) is 12.3. The van der Waals surface area contributed by atoms with Crippen molar-refractivity contribution in [2.45, 2.75) is 20.5 Å². The summed E-state index contributed by atoms with van der Waals surface area (Å²) >= 11 is 5.96. The van der Waals surface area contributed by atoms with E-state index in [1.807, 2.05) is 37.3 Å². The van der Waals surface area contributed by atoms with E-state index in [0.717, 1.165) is 11.3 Å². The van der Waals surface area contributed by atoms with Crippen LogP contribution in [0, 0.1) is 13.8 Å². The van der Waals surface area contributed by atoms with Crippen molar-refractivity contribution in [3.8, 4) is 17.1 Å². The molecule has 0 aliphatic carbocycles. The molecule has 0 amide bonds. The van der Waals surface area contributed by atoms with Crippen LogP contribution in [0.1, 0.15) is 17.0 Å². The monoisotopic (exact) mass is 314 g/mol. The number of halogens is 1. The summed E-state index contributed by atoms with van der Waals surface area (Å²) in [6, 6.07) is 13.3. The predicted molar refractivity (Wildman–Crippen MR) is 85.0 cm³/mol. The van der Waals surface area contributed by atoms with Gasteiger partial charge in [0, 0.05) is 10.6 Å². The number of hydrogen-bond donors (Lipinski definition) is 0. The second-order valence-corrected chi connectivity index (χ2v) is 5.49. The van der Waals surface area contributed by atoms with Gasteiger partial charge in [-0.2, -0.15) is 4.98 Å². The Kier molecular flexibility index (Phi) is 4.11. The Hall–Kier alpha value is -2.33. The highest BCUT2D eigenvalue weighted by molar-refractivity contribution is 6.30. The highest BCUT2D eigenvalue weighted by atomic mass is 35.5. The lowest BCUT2D eigenvalue weighted by Crippen LogP contribution is -1.96. The van der Waals surface area contributed by atoms with Crippen molar-refractivity contribution in [3.63, 3.8) is 0 Å². The van der Waals surface area contributed by atoms with E-state index in [1.54, 1.807) is 12.1 Å². The van der Waals surface area contributed by atoms with Crippen molar-refractivity contribution in [1.82, 2.24) is 10.1 Å². The molecule has 0 bridgehead atoms. The molecule has 1 heterocycles. The van der Waals surface area contributed by atoms with Gasteiger partial charge in [0.15, 0.2) is 6.61 Å². The SMILES string of the molecule is Cc1ccc(OCc2nc(-c3cccc(Cl)c3)no2)cc1C. The normalized spacial score (nSPS) is 10.7. The summed E-state index contributed by atoms with van der Waals surface area (Å²) < 4.78 is 10.9. The van der Waals surface area contributed by atoms with Crippen LogP contribution in [0.3, 0.4) is 0 Å². The fourth-order valence-corrected chi connectivity index (χ4v) is 2.20. The van der Waals surface area contributed by atoms with E-state index in [9.17, 15) is 0 Å². The number of rotatable bonds is 4. The molecule has 0 atom stereocenters. The molecule has 3 rings (SSSR count). The van der Waals surface area contributed by atoms with Crippen LogP contribution in [0.5, 0.6) is 5.75 Å². The van der Waals surface area contributed by atoms with Crippen molar-refractivity contribution in [2.24, 2.45) is 0 Å². The fourth-order valence-electron chi connectivity index (χ4n) is 2.01. The Balaban J connectivity index is 1.70. The van der Waals surface area contributed by atoms with Gasteiger partial charge in [-0.25, -0.2) is 0 Å². The van der Waals surface area contributed by atoms with Crippen molar-refractivity contribution in [2.75, 3.05) is 0 Å². The summed E-state index contributed by atoms with van der Waals surface area (Å²) in [6.07, 6.45) is 0. The third kappa shape index (κ3) is 3.28. The summed E-state index contributed by atoms with van der Waals surface area (Å²) in [5, 5.41) is 4.58. The first-order valence-corrected chi connectivity index (χ1v) is 7.28. The van der Waals surface area contributed by atoms with Gasteiger partial charge in [-0.3, -0.25) is 0 Å². The minimum absolute atomic E-state index is 0.232. The first-order chi connectivity index (χ1) is 10.6. The number of benzene rings is 2. The second kappa shape index (κ2) is 6.20. The molecule has 1 aromatic heterocycles. The smallest absolute Gasteiger partial charge is 0.264 e. The third-order valence-electron chi connectivity index (χ3n) is 3.39. The van der Waals surface area contributed by atoms with Gasteiger partial charge >= 0.3 is 0 Å². The summed E-state index contributed by atoms with van der Waals surface area (Å²) in [5.74, 6) is 1.71. The van der Waals surface area contributed by atoms with E-state index < -0.39 is 0 Å². The molecular formula is C17H15ClN2O2. The summed E-state index contributed by atoms with van der Waals surface area (Å²) in [5.41, 5.74) is 3.23. The summed E-state index contributed by atoms with van der Waals surface area (Å²) in [7, 11) is 0. The third-order valence-corrected chi connectivity index (χ3v) is 3.63. The molecule has 0 saturated heterocycles. The maximum atomic E-state index is 5.96. The Morgan fingerprint density at radius 3 is 2.73 bits per heavy atom. The lowest BCUT2D eigenvalue weighted by molar-refractivity contribution is 0.243. The van der Waals surface area contributed by atoms with Gasteiger partial charge in [-0.05, 0) is 49.2 Å². The second-order valence-electron chi connectivity index (χ2n) is 5.06. The van der Waals surface area contributed by atoms with Crippen LogP contribution in [-0.4, -0.2) is 10.1 Å². The average molecular weight is 315 g/mol. The Morgan fingerprint density at radius 1 is 1.09 bits per heavy atom. The first kappa shape index (κ1) is 14.6. The van der Waals surface area contributed by atoms with Crippen LogP contribution in [0.15, 0.2) is 47.0 Å². The predicted octanol–water partition coefficient (Wildman–Crippen LogP) is 4.59. The number of hydrogen-bond acceptors (Lipinski definition) is 4. The topological polar surface area (TPSA) is 48.2 Å². The van der Waals surface area contributed by atoms with E-state index in [1.165, 1.54) is 11.1 Å². The average Bonchev–Trinajstić information content (AvgIpc) is 2.97. The summed E-state index contributed by atoms with van der Waals surface area (Å²) in [6.45, 7) is 4.34. The highest BCUT2D eigenvalue weighted by Crippen LogP contribution is 2.21. The van der Waals surface area contributed by atoms with Gasteiger partial charge in [0.1, 0.15) is 5.75 Å².